The molecule has 0 fully saturated rings. The number of ether oxygens (including phenoxy) is 1. The van der Waals surface area contributed by atoms with Gasteiger partial charge in [-0.25, -0.2) is 0 Å². The highest BCUT2D eigenvalue weighted by Gasteiger charge is 2.45. The zero-order chi connectivity index (χ0) is 17.6. The Morgan fingerprint density at radius 1 is 1.22 bits per heavy atom. The highest BCUT2D eigenvalue weighted by Crippen LogP contribution is 2.36. The Kier molecular flexibility index (Phi) is 6.06. The lowest BCUT2D eigenvalue weighted by Gasteiger charge is -2.35. The molecule has 0 bridgehead atoms. The van der Waals surface area contributed by atoms with E-state index in [2.05, 4.69) is 0 Å². The molecule has 0 heterocycles. The number of rotatable bonds is 9. The van der Waals surface area contributed by atoms with Crippen molar-refractivity contribution in [2.24, 2.45) is 5.41 Å². The second kappa shape index (κ2) is 7.57. The van der Waals surface area contributed by atoms with Crippen LogP contribution >= 0.6 is 0 Å². The van der Waals surface area contributed by atoms with Gasteiger partial charge in [-0.2, -0.15) is 0 Å². The summed E-state index contributed by atoms with van der Waals surface area (Å²) >= 11 is 0. The molecule has 0 saturated heterocycles. The maximum absolute atomic E-state index is 11.7. The summed E-state index contributed by atoms with van der Waals surface area (Å²) < 4.78 is 5.58. The van der Waals surface area contributed by atoms with E-state index < -0.39 is 34.8 Å². The van der Waals surface area contributed by atoms with E-state index >= 15 is 0 Å². The lowest BCUT2D eigenvalue weighted by atomic mass is 9.75. The molecule has 0 spiro atoms. The number of carboxylic acid groups (broad SMARTS) is 2. The first kappa shape index (κ1) is 18.4. The van der Waals surface area contributed by atoms with E-state index in [0.29, 0.717) is 0 Å². The van der Waals surface area contributed by atoms with Crippen LogP contribution in [0.3, 0.4) is 0 Å². The molecule has 0 radical (unpaired) electrons. The number of carbonyl (C=O) groups is 2. The number of non-ortho nitro benzene ring substituents is 1. The van der Waals surface area contributed by atoms with Crippen LogP contribution < -0.4 is 4.74 Å². The molecule has 1 aromatic carbocycles. The topological polar surface area (TPSA) is 127 Å². The van der Waals surface area contributed by atoms with Crippen LogP contribution in [0.4, 0.5) is 5.69 Å². The second-order valence-corrected chi connectivity index (χ2v) is 5.12. The fraction of sp³-hybridized carbons (Fsp3) is 0.467. The zero-order valence-corrected chi connectivity index (χ0v) is 12.9. The number of nitro groups is 1. The smallest absolute Gasteiger partial charge is 0.313 e. The minimum absolute atomic E-state index is 0.136. The fourth-order valence-electron chi connectivity index (χ4n) is 2.46. The van der Waals surface area contributed by atoms with Crippen molar-refractivity contribution in [3.63, 3.8) is 0 Å². The number of hydrogen-bond donors (Lipinski definition) is 2. The van der Waals surface area contributed by atoms with Gasteiger partial charge in [0, 0.05) is 12.1 Å². The van der Waals surface area contributed by atoms with Gasteiger partial charge in [-0.15, -0.1) is 0 Å². The molecule has 23 heavy (non-hydrogen) atoms. The second-order valence-electron chi connectivity index (χ2n) is 5.12. The molecule has 1 atom stereocenters. The average Bonchev–Trinajstić information content (AvgIpc) is 2.48. The summed E-state index contributed by atoms with van der Waals surface area (Å²) in [5.41, 5.74) is -1.48. The van der Waals surface area contributed by atoms with Gasteiger partial charge in [0.2, 0.25) is 0 Å². The molecule has 0 aliphatic rings. The molecule has 0 aromatic heterocycles. The summed E-state index contributed by atoms with van der Waals surface area (Å²) in [6.45, 7) is 3.32. The van der Waals surface area contributed by atoms with Crippen molar-refractivity contribution in [3.8, 4) is 5.75 Å². The number of nitrogens with zero attached hydrogens (tertiary/aromatic N) is 1. The van der Waals surface area contributed by atoms with Gasteiger partial charge in [-0.1, -0.05) is 13.8 Å². The molecule has 126 valence electrons. The number of carboxylic acids is 2. The minimum Gasteiger partial charge on any atom is -0.489 e. The van der Waals surface area contributed by atoms with Gasteiger partial charge in [0.1, 0.15) is 17.3 Å². The number of nitro benzene ring substituents is 1. The predicted octanol–water partition coefficient (Wildman–Crippen LogP) is 2.71. The van der Waals surface area contributed by atoms with Crippen LogP contribution in [-0.2, 0) is 9.59 Å². The van der Waals surface area contributed by atoms with Crippen LogP contribution in [0.1, 0.15) is 33.1 Å². The maximum Gasteiger partial charge on any atom is 0.313 e. The van der Waals surface area contributed by atoms with E-state index in [1.165, 1.54) is 24.3 Å². The third-order valence-corrected chi connectivity index (χ3v) is 3.99. The van der Waals surface area contributed by atoms with Gasteiger partial charge in [-0.3, -0.25) is 19.7 Å². The Bertz CT molecular complexity index is 578. The van der Waals surface area contributed by atoms with Crippen LogP contribution in [0.5, 0.6) is 5.75 Å². The van der Waals surface area contributed by atoms with E-state index in [9.17, 15) is 24.8 Å². The monoisotopic (exact) mass is 325 g/mol. The van der Waals surface area contributed by atoms with Crippen molar-refractivity contribution in [1.82, 2.24) is 0 Å². The van der Waals surface area contributed by atoms with Crippen LogP contribution in [0.2, 0.25) is 0 Å². The van der Waals surface area contributed by atoms with Crippen molar-refractivity contribution in [3.05, 3.63) is 34.4 Å². The van der Waals surface area contributed by atoms with Gasteiger partial charge in [0.25, 0.3) is 5.69 Å². The Balaban J connectivity index is 3.13. The van der Waals surface area contributed by atoms with E-state index in [-0.39, 0.29) is 24.3 Å². The van der Waals surface area contributed by atoms with E-state index in [0.717, 1.165) is 0 Å². The number of aliphatic carboxylic acids is 2. The van der Waals surface area contributed by atoms with Gasteiger partial charge in [-0.05, 0) is 25.0 Å². The average molecular weight is 325 g/mol. The summed E-state index contributed by atoms with van der Waals surface area (Å²) in [6.07, 6.45) is -1.17. The molecular formula is C15H19NO7. The van der Waals surface area contributed by atoms with Crippen LogP contribution in [0, 0.1) is 15.5 Å². The number of benzene rings is 1. The Morgan fingerprint density at radius 3 is 2.09 bits per heavy atom. The molecule has 8 heteroatoms. The van der Waals surface area contributed by atoms with E-state index in [1.54, 1.807) is 13.8 Å². The van der Waals surface area contributed by atoms with Crippen LogP contribution in [0.15, 0.2) is 24.3 Å². The molecule has 1 unspecified atom stereocenters. The summed E-state index contributed by atoms with van der Waals surface area (Å²) in [5.74, 6) is -2.12. The Labute approximate surface area is 132 Å². The van der Waals surface area contributed by atoms with Crippen LogP contribution in [-0.4, -0.2) is 33.2 Å². The summed E-state index contributed by atoms with van der Waals surface area (Å²) in [6, 6.07) is 5.08. The van der Waals surface area contributed by atoms with Gasteiger partial charge in [0.05, 0.1) is 11.3 Å². The lowest BCUT2D eigenvalue weighted by molar-refractivity contribution is -0.384. The predicted molar refractivity (Wildman–Crippen MR) is 80.4 cm³/mol. The Morgan fingerprint density at radius 2 is 1.74 bits per heavy atom. The summed E-state index contributed by atoms with van der Waals surface area (Å²) in [7, 11) is 0. The van der Waals surface area contributed by atoms with Crippen molar-refractivity contribution in [1.29, 1.82) is 0 Å². The molecule has 0 aliphatic carbocycles. The van der Waals surface area contributed by atoms with E-state index in [1.807, 2.05) is 0 Å². The molecule has 0 saturated carbocycles. The SMILES string of the molecule is CCC(CC)(C(=O)O)C(CC(=O)O)Oc1ccc([N+](=O)[O-])cc1. The highest BCUT2D eigenvalue weighted by atomic mass is 16.6. The van der Waals surface area contributed by atoms with Gasteiger partial charge >= 0.3 is 11.9 Å². The molecule has 0 amide bonds. The first-order chi connectivity index (χ1) is 10.8. The normalized spacial score (nSPS) is 12.4. The van der Waals surface area contributed by atoms with Crippen molar-refractivity contribution < 1.29 is 29.5 Å². The van der Waals surface area contributed by atoms with Crippen molar-refractivity contribution in [2.75, 3.05) is 0 Å². The first-order valence-electron chi connectivity index (χ1n) is 7.13. The first-order valence-corrected chi connectivity index (χ1v) is 7.13. The molecule has 2 N–H and O–H groups in total. The summed E-state index contributed by atoms with van der Waals surface area (Å²) in [5, 5.41) is 29.2. The van der Waals surface area contributed by atoms with Crippen molar-refractivity contribution >= 4 is 17.6 Å². The minimum atomic E-state index is -1.35. The molecular weight excluding hydrogens is 306 g/mol. The number of hydrogen-bond acceptors (Lipinski definition) is 5. The van der Waals surface area contributed by atoms with Gasteiger partial charge in [0.15, 0.2) is 0 Å². The van der Waals surface area contributed by atoms with Crippen LogP contribution in [0.25, 0.3) is 0 Å². The standard InChI is InChI=1S/C15H19NO7/c1-3-15(4-2,14(19)20)12(9-13(17)18)23-11-7-5-10(6-8-11)16(21)22/h5-8,12H,3-4,9H2,1-2H3,(H,17,18)(H,19,20). The zero-order valence-electron chi connectivity index (χ0n) is 12.9. The van der Waals surface area contributed by atoms with E-state index in [4.69, 9.17) is 9.84 Å². The maximum atomic E-state index is 11.7. The third-order valence-electron chi connectivity index (χ3n) is 3.99. The fourth-order valence-corrected chi connectivity index (χ4v) is 2.46. The molecule has 1 rings (SSSR count). The quantitative estimate of drug-likeness (QED) is 0.527. The van der Waals surface area contributed by atoms with Crippen molar-refractivity contribution in [2.45, 2.75) is 39.2 Å². The Hall–Kier alpha value is -2.64. The third kappa shape index (κ3) is 4.18. The highest BCUT2D eigenvalue weighted by molar-refractivity contribution is 5.77. The largest absolute Gasteiger partial charge is 0.489 e. The molecule has 0 aliphatic heterocycles. The summed E-state index contributed by atoms with van der Waals surface area (Å²) in [4.78, 5) is 32.8. The van der Waals surface area contributed by atoms with Gasteiger partial charge < -0.3 is 14.9 Å². The molecule has 8 nitrogen and oxygen atoms in total. The lowest BCUT2D eigenvalue weighted by Crippen LogP contribution is -2.46. The molecule has 1 aromatic rings.